The summed E-state index contributed by atoms with van der Waals surface area (Å²) in [6, 6.07) is 28.8. The molecule has 3 nitrogen and oxygen atoms in total. The van der Waals surface area contributed by atoms with Crippen molar-refractivity contribution in [2.24, 2.45) is 22.7 Å². The molecular formula is C50H58IrNO2-. The van der Waals surface area contributed by atoms with Gasteiger partial charge in [-0.3, -0.25) is 9.78 Å². The molecule has 7 rings (SSSR count). The summed E-state index contributed by atoms with van der Waals surface area (Å²) in [5.41, 5.74) is 4.28. The second-order valence-electron chi connectivity index (χ2n) is 17.6. The zero-order valence-corrected chi connectivity index (χ0v) is 36.4. The van der Waals surface area contributed by atoms with Gasteiger partial charge in [-0.05, 0) is 98.7 Å². The standard InChI is InChI=1S/C37H34N.C13H24O2.Ir/c1-36(2,3)20-22-14-15-25-27-16-17-38-35-30-19-23-10-7-8-11-24(23)31(21-37(4,5)6)32(30)28-13-9-12-26(29(25)18-22)33(28)34(27)35;1-5-10(6-2)12(14)9-13(15)11(7-3)8-4;/h7-18H,20-21H2,1-6H3;9-11,14H,5-8H2,1-4H3;/q-1;;/b;12-9-;. The molecule has 4 heteroatoms. The maximum atomic E-state index is 11.7. The molecule has 0 atom stereocenters. The van der Waals surface area contributed by atoms with Gasteiger partial charge in [0.15, 0.2) is 5.78 Å². The van der Waals surface area contributed by atoms with Crippen LogP contribution in [0.1, 0.15) is 106 Å². The van der Waals surface area contributed by atoms with E-state index >= 15 is 0 Å². The summed E-state index contributed by atoms with van der Waals surface area (Å²) in [6.07, 6.45) is 8.96. The number of aliphatic hydroxyl groups excluding tert-OH is 1. The first-order valence-electron chi connectivity index (χ1n) is 19.9. The van der Waals surface area contributed by atoms with E-state index in [-0.39, 0.29) is 54.3 Å². The zero-order chi connectivity index (χ0) is 38.2. The number of benzene rings is 6. The van der Waals surface area contributed by atoms with E-state index in [1.54, 1.807) is 0 Å². The van der Waals surface area contributed by atoms with E-state index in [4.69, 9.17) is 4.98 Å². The predicted octanol–water partition coefficient (Wildman–Crippen LogP) is 14.3. The van der Waals surface area contributed by atoms with E-state index < -0.39 is 0 Å². The molecule has 0 fully saturated rings. The fraction of sp³-hybridized carbons (Fsp3) is 0.400. The third kappa shape index (κ3) is 8.21. The van der Waals surface area contributed by atoms with Crippen molar-refractivity contribution in [3.63, 3.8) is 0 Å². The Bertz CT molecular complexity index is 2450. The summed E-state index contributed by atoms with van der Waals surface area (Å²) in [4.78, 5) is 16.8. The predicted molar refractivity (Wildman–Crippen MR) is 229 cm³/mol. The van der Waals surface area contributed by atoms with Gasteiger partial charge in [0, 0.05) is 49.7 Å². The minimum absolute atomic E-state index is 0. The molecule has 0 saturated carbocycles. The van der Waals surface area contributed by atoms with Crippen LogP contribution in [0.25, 0.3) is 64.8 Å². The van der Waals surface area contributed by atoms with Crippen LogP contribution in [0.2, 0.25) is 0 Å². The first-order chi connectivity index (χ1) is 25.2. The summed E-state index contributed by atoms with van der Waals surface area (Å²) in [6.45, 7) is 22.0. The molecular weight excluding hydrogens is 839 g/mol. The number of aliphatic hydroxyl groups is 1. The molecule has 0 saturated heterocycles. The Morgan fingerprint density at radius 1 is 0.685 bits per heavy atom. The van der Waals surface area contributed by atoms with E-state index in [0.29, 0.717) is 0 Å². The summed E-state index contributed by atoms with van der Waals surface area (Å²) in [5, 5.41) is 23.9. The van der Waals surface area contributed by atoms with Gasteiger partial charge < -0.3 is 5.11 Å². The number of hydrogen-bond donors (Lipinski definition) is 1. The quantitative estimate of drug-likeness (QED) is 0.0516. The van der Waals surface area contributed by atoms with Crippen molar-refractivity contribution in [2.45, 2.75) is 108 Å². The average Bonchev–Trinajstić information content (AvgIpc) is 3.11. The van der Waals surface area contributed by atoms with Gasteiger partial charge >= 0.3 is 0 Å². The van der Waals surface area contributed by atoms with Crippen LogP contribution in [-0.2, 0) is 37.7 Å². The fourth-order valence-corrected chi connectivity index (χ4v) is 8.46. The van der Waals surface area contributed by atoms with Crippen molar-refractivity contribution in [2.75, 3.05) is 0 Å². The number of nitrogens with zero attached hydrogens (tertiary/aromatic N) is 1. The Labute approximate surface area is 336 Å². The Morgan fingerprint density at radius 3 is 1.94 bits per heavy atom. The molecule has 1 heterocycles. The zero-order valence-electron chi connectivity index (χ0n) is 34.0. The molecule has 0 bridgehead atoms. The SMILES string of the molecule is CC(C)(C)Cc1ccc2c(c1)c1cccc3c4c(CC(C)(C)C)c5ccccc5[c-]c4c4nccc2c4c13.CCC(CC)C(=O)/C=C(\O)C(CC)CC.[Ir]. The molecule has 0 unspecified atom stereocenters. The van der Waals surface area contributed by atoms with Crippen molar-refractivity contribution in [1.82, 2.24) is 4.98 Å². The maximum Gasteiger partial charge on any atom is 0.162 e. The van der Waals surface area contributed by atoms with Gasteiger partial charge in [-0.15, -0.1) is 17.5 Å². The van der Waals surface area contributed by atoms with E-state index in [0.717, 1.165) is 49.4 Å². The van der Waals surface area contributed by atoms with E-state index in [2.05, 4.69) is 114 Å². The number of rotatable bonds is 9. The first kappa shape index (κ1) is 41.3. The van der Waals surface area contributed by atoms with E-state index in [1.807, 2.05) is 33.9 Å². The number of aromatic nitrogens is 1. The molecule has 6 aromatic carbocycles. The normalized spacial score (nSPS) is 12.8. The van der Waals surface area contributed by atoms with Crippen molar-refractivity contribution < 1.29 is 30.0 Å². The summed E-state index contributed by atoms with van der Waals surface area (Å²) in [5.74, 6) is 0.547. The fourth-order valence-electron chi connectivity index (χ4n) is 8.46. The van der Waals surface area contributed by atoms with Crippen LogP contribution >= 0.6 is 0 Å². The Hall–Kier alpha value is -3.85. The minimum atomic E-state index is 0. The molecule has 1 aromatic heterocycles. The summed E-state index contributed by atoms with van der Waals surface area (Å²) < 4.78 is 0. The van der Waals surface area contributed by atoms with Gasteiger partial charge in [0.1, 0.15) is 0 Å². The third-order valence-electron chi connectivity index (χ3n) is 11.0. The largest absolute Gasteiger partial charge is 0.512 e. The van der Waals surface area contributed by atoms with Crippen LogP contribution in [0, 0.1) is 28.7 Å². The van der Waals surface area contributed by atoms with Gasteiger partial charge in [0.05, 0.1) is 5.76 Å². The second-order valence-corrected chi connectivity index (χ2v) is 17.6. The molecule has 1 radical (unpaired) electrons. The van der Waals surface area contributed by atoms with Gasteiger partial charge in [0.2, 0.25) is 0 Å². The van der Waals surface area contributed by atoms with Crippen molar-refractivity contribution in [3.05, 3.63) is 102 Å². The number of pyridine rings is 1. The van der Waals surface area contributed by atoms with Gasteiger partial charge in [0.25, 0.3) is 0 Å². The molecule has 0 aliphatic rings. The number of allylic oxidation sites excluding steroid dienone is 2. The number of carbonyl (C=O) groups is 1. The van der Waals surface area contributed by atoms with Crippen molar-refractivity contribution in [3.8, 4) is 0 Å². The van der Waals surface area contributed by atoms with Crippen LogP contribution in [0.5, 0.6) is 0 Å². The Balaban J connectivity index is 0.000000301. The third-order valence-corrected chi connectivity index (χ3v) is 11.0. The van der Waals surface area contributed by atoms with Crippen molar-refractivity contribution >= 4 is 70.5 Å². The topological polar surface area (TPSA) is 50.2 Å². The molecule has 0 spiro atoms. The molecule has 285 valence electrons. The van der Waals surface area contributed by atoms with Crippen molar-refractivity contribution in [1.29, 1.82) is 0 Å². The smallest absolute Gasteiger partial charge is 0.162 e. The first-order valence-corrected chi connectivity index (χ1v) is 19.9. The number of carbonyl (C=O) groups excluding carboxylic acids is 1. The van der Waals surface area contributed by atoms with Crippen LogP contribution in [-0.4, -0.2) is 15.9 Å². The molecule has 0 aliphatic carbocycles. The minimum Gasteiger partial charge on any atom is -0.512 e. The van der Waals surface area contributed by atoms with Gasteiger partial charge in [-0.2, -0.15) is 0 Å². The maximum absolute atomic E-state index is 11.7. The molecule has 54 heavy (non-hydrogen) atoms. The summed E-state index contributed by atoms with van der Waals surface area (Å²) in [7, 11) is 0. The second kappa shape index (κ2) is 16.5. The molecule has 7 aromatic rings. The Kier molecular flexibility index (Phi) is 12.6. The van der Waals surface area contributed by atoms with E-state index in [9.17, 15) is 9.90 Å². The van der Waals surface area contributed by atoms with Crippen LogP contribution in [0.4, 0.5) is 0 Å². The van der Waals surface area contributed by atoms with Gasteiger partial charge in [-0.25, -0.2) is 0 Å². The number of ketones is 1. The number of fused-ring (bicyclic) bond motifs is 7. The van der Waals surface area contributed by atoms with Crippen LogP contribution < -0.4 is 0 Å². The Morgan fingerprint density at radius 2 is 1.30 bits per heavy atom. The number of hydrogen-bond acceptors (Lipinski definition) is 3. The van der Waals surface area contributed by atoms with Crippen LogP contribution in [0.15, 0.2) is 84.8 Å². The average molecular weight is 897 g/mol. The van der Waals surface area contributed by atoms with Gasteiger partial charge in [-0.1, -0.05) is 146 Å². The molecule has 1 N–H and O–H groups in total. The molecule has 0 aliphatic heterocycles. The monoisotopic (exact) mass is 897 g/mol. The molecule has 0 amide bonds. The summed E-state index contributed by atoms with van der Waals surface area (Å²) >= 11 is 0. The van der Waals surface area contributed by atoms with E-state index in [1.165, 1.54) is 71.1 Å². The van der Waals surface area contributed by atoms with Crippen LogP contribution in [0.3, 0.4) is 0 Å².